The topological polar surface area (TPSA) is 0 Å². The first-order valence-corrected chi connectivity index (χ1v) is 3.96. The first-order chi connectivity index (χ1) is 5.35. The lowest BCUT2D eigenvalue weighted by molar-refractivity contribution is 0.958. The molecule has 0 heteroatoms. The molecule has 0 radical (unpaired) electrons. The van der Waals surface area contributed by atoms with Crippen LogP contribution in [0.1, 0.15) is 19.8 Å². The average molecular weight is 148 g/mol. The Kier molecular flexibility index (Phi) is 6.40. The summed E-state index contributed by atoms with van der Waals surface area (Å²) in [5, 5.41) is 0. The van der Waals surface area contributed by atoms with Crippen molar-refractivity contribution in [2.45, 2.75) is 19.8 Å². The molecule has 0 heterocycles. The summed E-state index contributed by atoms with van der Waals surface area (Å²) in [4.78, 5) is 0. The predicted molar refractivity (Wildman–Crippen MR) is 52.5 cm³/mol. The van der Waals surface area contributed by atoms with Gasteiger partial charge >= 0.3 is 0 Å². The molecule has 0 rings (SSSR count). The molecule has 0 aromatic carbocycles. The van der Waals surface area contributed by atoms with Crippen LogP contribution in [0.5, 0.6) is 0 Å². The summed E-state index contributed by atoms with van der Waals surface area (Å²) in [6.07, 6.45) is 12.1. The highest BCUT2D eigenvalue weighted by Crippen LogP contribution is 2.00. The van der Waals surface area contributed by atoms with Gasteiger partial charge in [0.05, 0.1) is 0 Å². The maximum Gasteiger partial charge on any atom is -0.0266 e. The summed E-state index contributed by atoms with van der Waals surface area (Å²) in [5.74, 6) is 0. The van der Waals surface area contributed by atoms with E-state index in [4.69, 9.17) is 0 Å². The Morgan fingerprint density at radius 3 is 2.55 bits per heavy atom. The largest absolute Gasteiger partial charge is 0.0990 e. The standard InChI is InChI=1S/C11H16/c1-4-7-8-10-11(6-3)9-5-2/h5-6,8-10H,2-4,7H2,1H3/b10-8+,11-9+. The lowest BCUT2D eigenvalue weighted by Gasteiger charge is -1.89. The molecule has 0 saturated carbocycles. The van der Waals surface area contributed by atoms with E-state index in [1.807, 2.05) is 12.2 Å². The van der Waals surface area contributed by atoms with Gasteiger partial charge in [-0.3, -0.25) is 0 Å². The van der Waals surface area contributed by atoms with Crippen LogP contribution in [0.15, 0.2) is 49.1 Å². The molecule has 0 bridgehead atoms. The van der Waals surface area contributed by atoms with Crippen molar-refractivity contribution in [1.29, 1.82) is 0 Å². The summed E-state index contributed by atoms with van der Waals surface area (Å²) < 4.78 is 0. The zero-order chi connectivity index (χ0) is 8.53. The highest BCUT2D eigenvalue weighted by atomic mass is 13.9. The van der Waals surface area contributed by atoms with E-state index in [-0.39, 0.29) is 0 Å². The molecule has 0 spiro atoms. The van der Waals surface area contributed by atoms with Crippen LogP contribution >= 0.6 is 0 Å². The molecular formula is C11H16. The Bertz CT molecular complexity index is 170. The molecule has 0 N–H and O–H groups in total. The van der Waals surface area contributed by atoms with Crippen LogP contribution in [0.4, 0.5) is 0 Å². The molecule has 0 unspecified atom stereocenters. The van der Waals surface area contributed by atoms with E-state index in [2.05, 4.69) is 32.2 Å². The maximum absolute atomic E-state index is 3.69. The third-order valence-corrected chi connectivity index (χ3v) is 1.31. The van der Waals surface area contributed by atoms with Gasteiger partial charge in [0.2, 0.25) is 0 Å². The van der Waals surface area contributed by atoms with E-state index in [1.165, 1.54) is 6.42 Å². The molecule has 0 amide bonds. The Hall–Kier alpha value is -1.04. The van der Waals surface area contributed by atoms with Gasteiger partial charge < -0.3 is 0 Å². The lowest BCUT2D eigenvalue weighted by atomic mass is 10.2. The summed E-state index contributed by atoms with van der Waals surface area (Å²) in [7, 11) is 0. The van der Waals surface area contributed by atoms with E-state index in [0.29, 0.717) is 0 Å². The van der Waals surface area contributed by atoms with Crippen molar-refractivity contribution >= 4 is 0 Å². The van der Waals surface area contributed by atoms with Crippen LogP contribution < -0.4 is 0 Å². The first kappa shape index (κ1) is 9.96. The lowest BCUT2D eigenvalue weighted by Crippen LogP contribution is -1.68. The van der Waals surface area contributed by atoms with Gasteiger partial charge in [-0.1, -0.05) is 56.9 Å². The normalized spacial score (nSPS) is 11.9. The monoisotopic (exact) mass is 148 g/mol. The Labute approximate surface area is 69.6 Å². The van der Waals surface area contributed by atoms with Gasteiger partial charge in [-0.25, -0.2) is 0 Å². The summed E-state index contributed by atoms with van der Waals surface area (Å²) in [6.45, 7) is 9.47. The van der Waals surface area contributed by atoms with Crippen LogP contribution in [0.3, 0.4) is 0 Å². The molecule has 11 heavy (non-hydrogen) atoms. The fourth-order valence-electron chi connectivity index (χ4n) is 0.714. The average Bonchev–Trinajstić information content (AvgIpc) is 2.03. The molecule has 0 aliphatic carbocycles. The minimum Gasteiger partial charge on any atom is -0.0990 e. The molecule has 0 aromatic heterocycles. The van der Waals surface area contributed by atoms with Crippen LogP contribution in [0.25, 0.3) is 0 Å². The van der Waals surface area contributed by atoms with Gasteiger partial charge in [-0.05, 0) is 12.0 Å². The third-order valence-electron chi connectivity index (χ3n) is 1.31. The SMILES string of the molecule is C=C/C=C(C=C)/C=C/CCC. The molecule has 0 nitrogen and oxygen atoms in total. The zero-order valence-electron chi connectivity index (χ0n) is 7.22. The number of unbranched alkanes of at least 4 members (excludes halogenated alkanes) is 1. The van der Waals surface area contributed by atoms with E-state index < -0.39 is 0 Å². The van der Waals surface area contributed by atoms with Crippen molar-refractivity contribution in [3.05, 3.63) is 49.1 Å². The van der Waals surface area contributed by atoms with Crippen molar-refractivity contribution in [3.8, 4) is 0 Å². The molecule has 0 aliphatic rings. The van der Waals surface area contributed by atoms with Gasteiger partial charge in [0.1, 0.15) is 0 Å². The first-order valence-electron chi connectivity index (χ1n) is 3.96. The molecule has 0 fully saturated rings. The van der Waals surface area contributed by atoms with Crippen molar-refractivity contribution in [2.24, 2.45) is 0 Å². The second-order valence-corrected chi connectivity index (χ2v) is 2.30. The smallest absolute Gasteiger partial charge is 0.0266 e. The van der Waals surface area contributed by atoms with E-state index >= 15 is 0 Å². The fraction of sp³-hybridized carbons (Fsp3) is 0.273. The molecule has 0 saturated heterocycles. The van der Waals surface area contributed by atoms with Crippen molar-refractivity contribution in [2.75, 3.05) is 0 Å². The minimum atomic E-state index is 1.12. The zero-order valence-corrected chi connectivity index (χ0v) is 7.22. The highest BCUT2D eigenvalue weighted by molar-refractivity contribution is 5.31. The molecule has 60 valence electrons. The van der Waals surface area contributed by atoms with Gasteiger partial charge in [-0.2, -0.15) is 0 Å². The number of hydrogen-bond acceptors (Lipinski definition) is 0. The van der Waals surface area contributed by atoms with Crippen LogP contribution in [-0.2, 0) is 0 Å². The third kappa shape index (κ3) is 5.41. The summed E-state index contributed by atoms with van der Waals surface area (Å²) >= 11 is 0. The Morgan fingerprint density at radius 1 is 1.36 bits per heavy atom. The molecule has 0 atom stereocenters. The van der Waals surface area contributed by atoms with Gasteiger partial charge in [0, 0.05) is 0 Å². The van der Waals surface area contributed by atoms with Gasteiger partial charge in [0.25, 0.3) is 0 Å². The Balaban J connectivity index is 3.96. The van der Waals surface area contributed by atoms with Gasteiger partial charge in [-0.15, -0.1) is 0 Å². The van der Waals surface area contributed by atoms with Crippen molar-refractivity contribution in [3.63, 3.8) is 0 Å². The molecule has 0 aliphatic heterocycles. The van der Waals surface area contributed by atoms with Crippen LogP contribution in [0.2, 0.25) is 0 Å². The second kappa shape index (κ2) is 7.07. The molecule has 0 aromatic rings. The molecular weight excluding hydrogens is 132 g/mol. The van der Waals surface area contributed by atoms with Crippen LogP contribution in [-0.4, -0.2) is 0 Å². The number of rotatable bonds is 5. The summed E-state index contributed by atoms with van der Waals surface area (Å²) in [6, 6.07) is 0. The Morgan fingerprint density at radius 2 is 2.09 bits per heavy atom. The van der Waals surface area contributed by atoms with E-state index in [9.17, 15) is 0 Å². The van der Waals surface area contributed by atoms with E-state index in [0.717, 1.165) is 12.0 Å². The quantitative estimate of drug-likeness (QED) is 0.522. The van der Waals surface area contributed by atoms with Crippen LogP contribution in [0, 0.1) is 0 Å². The van der Waals surface area contributed by atoms with Gasteiger partial charge in [0.15, 0.2) is 0 Å². The number of allylic oxidation sites excluding steroid dienone is 6. The highest BCUT2D eigenvalue weighted by Gasteiger charge is 1.79. The number of hydrogen-bond donors (Lipinski definition) is 0. The summed E-state index contributed by atoms with van der Waals surface area (Å²) in [5.41, 5.74) is 1.12. The maximum atomic E-state index is 3.69. The predicted octanol–water partition coefficient (Wildman–Crippen LogP) is 3.64. The van der Waals surface area contributed by atoms with Crippen molar-refractivity contribution < 1.29 is 0 Å². The fourth-order valence-corrected chi connectivity index (χ4v) is 0.714. The van der Waals surface area contributed by atoms with E-state index in [1.54, 1.807) is 6.08 Å². The van der Waals surface area contributed by atoms with Crippen molar-refractivity contribution in [1.82, 2.24) is 0 Å². The minimum absolute atomic E-state index is 1.12. The second-order valence-electron chi connectivity index (χ2n) is 2.30.